The number of rotatable bonds is 1. The number of hydrogen-bond donors (Lipinski definition) is 4. The number of fused-ring (bicyclic) bond motifs is 1. The van der Waals surface area contributed by atoms with E-state index in [4.69, 9.17) is 16.7 Å². The number of anilines is 3. The van der Waals surface area contributed by atoms with Gasteiger partial charge in [-0.15, -0.1) is 0 Å². The van der Waals surface area contributed by atoms with E-state index in [0.717, 1.165) is 6.07 Å². The minimum atomic E-state index is -4.66. The van der Waals surface area contributed by atoms with Gasteiger partial charge in [-0.1, -0.05) is 6.07 Å². The van der Waals surface area contributed by atoms with Crippen LogP contribution in [0.3, 0.4) is 0 Å². The maximum Gasteiger partial charge on any atom is 0.416 e. The second-order valence-electron chi connectivity index (χ2n) is 5.63. The Bertz CT molecular complexity index is 1080. The SMILES string of the molecule is N#CNC1=NC(c2ccc(I)cc2C(F)(F)F)c2c(nc(N)c(C#N)c2N)N1. The average molecular weight is 498 g/mol. The molecule has 0 bridgehead atoms. The van der Waals surface area contributed by atoms with Gasteiger partial charge in [0.25, 0.3) is 0 Å². The predicted octanol–water partition coefficient (Wildman–Crippen LogP) is 2.68. The quantitative estimate of drug-likeness (QED) is 0.268. The number of halogens is 4. The Morgan fingerprint density at radius 1 is 1.25 bits per heavy atom. The molecule has 1 aliphatic heterocycles. The van der Waals surface area contributed by atoms with E-state index in [-0.39, 0.29) is 40.0 Å². The fourth-order valence-corrected chi connectivity index (χ4v) is 3.31. The van der Waals surface area contributed by atoms with Crippen LogP contribution in [0.25, 0.3) is 0 Å². The van der Waals surface area contributed by atoms with Crippen molar-refractivity contribution in [3.8, 4) is 12.3 Å². The maximum atomic E-state index is 13.7. The molecule has 142 valence electrons. The zero-order chi connectivity index (χ0) is 20.6. The van der Waals surface area contributed by atoms with Crippen molar-refractivity contribution >= 4 is 45.9 Å². The Kier molecular flexibility index (Phi) is 4.91. The number of nitrogens with zero attached hydrogens (tertiary/aromatic N) is 4. The van der Waals surface area contributed by atoms with E-state index >= 15 is 0 Å². The van der Waals surface area contributed by atoms with Crippen molar-refractivity contribution < 1.29 is 13.2 Å². The van der Waals surface area contributed by atoms with Crippen molar-refractivity contribution in [3.63, 3.8) is 0 Å². The third-order valence-electron chi connectivity index (χ3n) is 3.97. The number of hydrogen-bond acceptors (Lipinski definition) is 8. The van der Waals surface area contributed by atoms with Gasteiger partial charge >= 0.3 is 6.18 Å². The number of benzene rings is 1. The third kappa shape index (κ3) is 3.34. The van der Waals surface area contributed by atoms with E-state index in [1.165, 1.54) is 12.1 Å². The highest BCUT2D eigenvalue weighted by atomic mass is 127. The van der Waals surface area contributed by atoms with Crippen LogP contribution in [0, 0.1) is 26.4 Å². The highest BCUT2D eigenvalue weighted by molar-refractivity contribution is 14.1. The van der Waals surface area contributed by atoms with E-state index in [1.807, 2.05) is 0 Å². The molecule has 2 aromatic rings. The molecule has 1 aromatic heterocycles. The summed E-state index contributed by atoms with van der Waals surface area (Å²) in [6, 6.07) is 4.29. The average Bonchev–Trinajstić information content (AvgIpc) is 2.60. The minimum absolute atomic E-state index is 0.0124. The number of nitrogens with one attached hydrogen (secondary N) is 2. The molecule has 1 aliphatic rings. The normalized spacial score (nSPS) is 15.5. The first-order chi connectivity index (χ1) is 13.2. The number of pyridine rings is 1. The summed E-state index contributed by atoms with van der Waals surface area (Å²) in [6.07, 6.45) is -3.02. The summed E-state index contributed by atoms with van der Waals surface area (Å²) in [5.74, 6) is -0.303. The molecule has 0 saturated carbocycles. The van der Waals surface area contributed by atoms with Crippen LogP contribution in [-0.2, 0) is 6.18 Å². The Hall–Kier alpha value is -3.26. The van der Waals surface area contributed by atoms with Crippen molar-refractivity contribution in [2.75, 3.05) is 16.8 Å². The highest BCUT2D eigenvalue weighted by Gasteiger charge is 2.38. The van der Waals surface area contributed by atoms with Crippen LogP contribution >= 0.6 is 22.6 Å². The standard InChI is InChI=1S/C16H10F3IN8/c17-16(18,19)9-3-6(20)1-2-7(9)12-10-11(23)8(4-21)13(24)27-14(10)28-15(26-12)25-5-22/h1-3,12H,(H6,23,24,25,26,27,28). The van der Waals surface area contributed by atoms with Crippen molar-refractivity contribution in [2.24, 2.45) is 4.99 Å². The molecule has 3 rings (SSSR count). The zero-order valence-electron chi connectivity index (χ0n) is 13.8. The highest BCUT2D eigenvalue weighted by Crippen LogP contribution is 2.44. The van der Waals surface area contributed by atoms with Crippen molar-refractivity contribution in [1.82, 2.24) is 10.3 Å². The molecule has 6 N–H and O–H groups in total. The smallest absolute Gasteiger partial charge is 0.397 e. The summed E-state index contributed by atoms with van der Waals surface area (Å²) in [6.45, 7) is 0. The third-order valence-corrected chi connectivity index (χ3v) is 4.64. The number of aromatic nitrogens is 1. The Morgan fingerprint density at radius 2 is 1.96 bits per heavy atom. The van der Waals surface area contributed by atoms with Gasteiger partial charge in [-0.05, 0) is 40.3 Å². The van der Waals surface area contributed by atoms with Crippen LogP contribution in [0.4, 0.5) is 30.5 Å². The number of aliphatic imine (C=N–C) groups is 1. The van der Waals surface area contributed by atoms with E-state index in [2.05, 4.69) is 20.6 Å². The monoisotopic (exact) mass is 498 g/mol. The van der Waals surface area contributed by atoms with Crippen molar-refractivity contribution in [1.29, 1.82) is 10.5 Å². The lowest BCUT2D eigenvalue weighted by Crippen LogP contribution is -2.33. The molecular weight excluding hydrogens is 488 g/mol. The van der Waals surface area contributed by atoms with Gasteiger partial charge in [-0.25, -0.2) is 9.98 Å². The Labute approximate surface area is 170 Å². The second-order valence-corrected chi connectivity index (χ2v) is 6.88. The van der Waals surface area contributed by atoms with Crippen LogP contribution in [0.1, 0.15) is 28.3 Å². The predicted molar refractivity (Wildman–Crippen MR) is 104 cm³/mol. The fourth-order valence-electron chi connectivity index (χ4n) is 2.82. The summed E-state index contributed by atoms with van der Waals surface area (Å²) in [7, 11) is 0. The van der Waals surface area contributed by atoms with E-state index in [9.17, 15) is 18.4 Å². The molecule has 8 nitrogen and oxygen atoms in total. The molecule has 0 saturated heterocycles. The molecular formula is C16H10F3IN8. The molecule has 0 radical (unpaired) electrons. The summed E-state index contributed by atoms with van der Waals surface area (Å²) < 4.78 is 41.4. The summed E-state index contributed by atoms with van der Waals surface area (Å²) in [5.41, 5.74) is 10.4. The minimum Gasteiger partial charge on any atom is -0.397 e. The number of nitriles is 2. The maximum absolute atomic E-state index is 13.7. The molecule has 1 aromatic carbocycles. The van der Waals surface area contributed by atoms with Crippen LogP contribution < -0.4 is 22.1 Å². The van der Waals surface area contributed by atoms with Crippen LogP contribution in [0.5, 0.6) is 0 Å². The first-order valence-corrected chi connectivity index (χ1v) is 8.60. The van der Waals surface area contributed by atoms with Gasteiger partial charge in [0.2, 0.25) is 5.96 Å². The molecule has 0 amide bonds. The molecule has 0 fully saturated rings. The lowest BCUT2D eigenvalue weighted by molar-refractivity contribution is -0.138. The first kappa shape index (κ1) is 19.5. The van der Waals surface area contributed by atoms with E-state index < -0.39 is 17.8 Å². The molecule has 1 unspecified atom stereocenters. The van der Waals surface area contributed by atoms with Crippen molar-refractivity contribution in [2.45, 2.75) is 12.2 Å². The topological polar surface area (TPSA) is 149 Å². The molecule has 28 heavy (non-hydrogen) atoms. The number of nitrogens with two attached hydrogens (primary N) is 2. The number of alkyl halides is 3. The lowest BCUT2D eigenvalue weighted by atomic mass is 9.91. The van der Waals surface area contributed by atoms with Gasteiger partial charge in [0.05, 0.1) is 11.3 Å². The Morgan fingerprint density at radius 3 is 2.57 bits per heavy atom. The molecule has 1 atom stereocenters. The van der Waals surface area contributed by atoms with Gasteiger partial charge in [-0.2, -0.15) is 23.7 Å². The fraction of sp³-hybridized carbons (Fsp3) is 0.125. The lowest BCUT2D eigenvalue weighted by Gasteiger charge is -2.27. The summed E-state index contributed by atoms with van der Waals surface area (Å²) in [5, 5.41) is 23.0. The van der Waals surface area contributed by atoms with E-state index in [0.29, 0.717) is 3.57 Å². The first-order valence-electron chi connectivity index (χ1n) is 7.52. The zero-order valence-corrected chi connectivity index (χ0v) is 15.9. The summed E-state index contributed by atoms with van der Waals surface area (Å²) >= 11 is 1.77. The Balaban J connectivity index is 2.34. The molecule has 2 heterocycles. The largest absolute Gasteiger partial charge is 0.416 e. The number of guanidine groups is 1. The van der Waals surface area contributed by atoms with E-state index in [1.54, 1.807) is 34.9 Å². The van der Waals surface area contributed by atoms with Crippen molar-refractivity contribution in [3.05, 3.63) is 44.0 Å². The van der Waals surface area contributed by atoms with Gasteiger partial charge in [0.1, 0.15) is 29.3 Å². The van der Waals surface area contributed by atoms with Crippen LogP contribution in [0.2, 0.25) is 0 Å². The molecule has 0 spiro atoms. The van der Waals surface area contributed by atoms with Gasteiger partial charge in [0, 0.05) is 9.13 Å². The molecule has 12 heteroatoms. The summed E-state index contributed by atoms with van der Waals surface area (Å²) in [4.78, 5) is 8.17. The van der Waals surface area contributed by atoms with Gasteiger partial charge in [0.15, 0.2) is 6.19 Å². The van der Waals surface area contributed by atoms with Gasteiger partial charge in [-0.3, -0.25) is 5.32 Å². The second kappa shape index (κ2) is 7.05. The van der Waals surface area contributed by atoms with Crippen LogP contribution in [-0.4, -0.2) is 10.9 Å². The van der Waals surface area contributed by atoms with Gasteiger partial charge < -0.3 is 16.8 Å². The van der Waals surface area contributed by atoms with Crippen LogP contribution in [0.15, 0.2) is 23.2 Å². The number of nitrogen functional groups attached to an aromatic ring is 2. The molecule has 0 aliphatic carbocycles.